The summed E-state index contributed by atoms with van der Waals surface area (Å²) in [5.74, 6) is 0. The topological polar surface area (TPSA) is 24.7 Å². The van der Waals surface area contributed by atoms with Crippen molar-refractivity contribution in [2.45, 2.75) is 0 Å². The maximum absolute atomic E-state index is 4.37. The highest BCUT2D eigenvalue weighted by Gasteiger charge is 2.17. The lowest BCUT2D eigenvalue weighted by Crippen LogP contribution is -1.82. The van der Waals surface area contributed by atoms with E-state index < -0.39 is 0 Å². The summed E-state index contributed by atoms with van der Waals surface area (Å²) in [5.41, 5.74) is 4.58. The predicted octanol–water partition coefficient (Wildman–Crippen LogP) is 2.97. The molecule has 0 saturated carbocycles. The van der Waals surface area contributed by atoms with Crippen molar-refractivity contribution in [2.24, 2.45) is 9.98 Å². The van der Waals surface area contributed by atoms with Crippen LogP contribution in [0.3, 0.4) is 0 Å². The van der Waals surface area contributed by atoms with Crippen LogP contribution in [0.25, 0.3) is 10.8 Å². The number of hydrogen-bond donors (Lipinski definition) is 0. The van der Waals surface area contributed by atoms with Crippen LogP contribution in [0.15, 0.2) is 34.3 Å². The lowest BCUT2D eigenvalue weighted by Gasteiger charge is -2.02. The Morgan fingerprint density at radius 2 is 1.14 bits per heavy atom. The Morgan fingerprint density at radius 1 is 0.643 bits per heavy atom. The fourth-order valence-corrected chi connectivity index (χ4v) is 2.22. The van der Waals surface area contributed by atoms with Crippen molar-refractivity contribution < 1.29 is 0 Å². The van der Waals surface area contributed by atoms with Gasteiger partial charge in [-0.25, -0.2) is 0 Å². The zero-order valence-electron chi connectivity index (χ0n) is 7.36. The van der Waals surface area contributed by atoms with Crippen molar-refractivity contribution in [3.63, 3.8) is 0 Å². The van der Waals surface area contributed by atoms with Crippen LogP contribution >= 0.6 is 0 Å². The van der Waals surface area contributed by atoms with Gasteiger partial charge in [0.1, 0.15) is 0 Å². The van der Waals surface area contributed by atoms with Crippen molar-refractivity contribution in [1.29, 1.82) is 0 Å². The molecule has 2 aliphatic rings. The van der Waals surface area contributed by atoms with Crippen molar-refractivity contribution >= 4 is 34.6 Å². The van der Waals surface area contributed by atoms with Crippen molar-refractivity contribution in [3.05, 3.63) is 35.4 Å². The van der Waals surface area contributed by atoms with Gasteiger partial charge in [-0.3, -0.25) is 9.98 Å². The van der Waals surface area contributed by atoms with Gasteiger partial charge in [-0.05, 0) is 12.1 Å². The molecule has 2 heterocycles. The molecule has 0 fully saturated rings. The molecule has 2 nitrogen and oxygen atoms in total. The molecule has 0 atom stereocenters. The van der Waals surface area contributed by atoms with Gasteiger partial charge in [-0.1, -0.05) is 12.1 Å². The predicted molar refractivity (Wildman–Crippen MR) is 58.5 cm³/mol. The van der Waals surface area contributed by atoms with Gasteiger partial charge < -0.3 is 0 Å². The molecule has 0 radical (unpaired) electrons. The minimum Gasteiger partial charge on any atom is -0.256 e. The first-order chi connectivity index (χ1) is 6.93. The zero-order valence-corrected chi connectivity index (χ0v) is 7.36. The van der Waals surface area contributed by atoms with E-state index in [0.717, 1.165) is 11.4 Å². The molecule has 2 aromatic carbocycles. The van der Waals surface area contributed by atoms with Crippen LogP contribution in [0, 0.1) is 0 Å². The fourth-order valence-electron chi connectivity index (χ4n) is 2.22. The number of aliphatic imine (C=N–C) groups is 2. The quantitative estimate of drug-likeness (QED) is 0.395. The highest BCUT2D eigenvalue weighted by Crippen LogP contribution is 2.41. The van der Waals surface area contributed by atoms with Gasteiger partial charge in [0.2, 0.25) is 0 Å². The summed E-state index contributed by atoms with van der Waals surface area (Å²) in [6.45, 7) is 0. The smallest absolute Gasteiger partial charge is 0.0716 e. The van der Waals surface area contributed by atoms with E-state index in [9.17, 15) is 0 Å². The number of benzene rings is 2. The van der Waals surface area contributed by atoms with Gasteiger partial charge in [0.25, 0.3) is 0 Å². The molecule has 0 spiro atoms. The molecule has 0 amide bonds. The van der Waals surface area contributed by atoms with Crippen LogP contribution < -0.4 is 0 Å². The second kappa shape index (κ2) is 1.93. The van der Waals surface area contributed by atoms with E-state index in [1.165, 1.54) is 21.9 Å². The third kappa shape index (κ3) is 0.567. The van der Waals surface area contributed by atoms with E-state index in [0.29, 0.717) is 0 Å². The van der Waals surface area contributed by atoms with E-state index in [4.69, 9.17) is 0 Å². The highest BCUT2D eigenvalue weighted by molar-refractivity contribution is 6.21. The Kier molecular flexibility index (Phi) is 0.892. The summed E-state index contributed by atoms with van der Waals surface area (Å²) in [6.07, 6.45) is 3.85. The monoisotopic (exact) mass is 178 g/mol. The van der Waals surface area contributed by atoms with Crippen LogP contribution in [0.2, 0.25) is 0 Å². The Bertz CT molecular complexity index is 529. The van der Waals surface area contributed by atoms with Gasteiger partial charge in [-0.2, -0.15) is 0 Å². The summed E-state index contributed by atoms with van der Waals surface area (Å²) in [4.78, 5) is 8.75. The summed E-state index contributed by atoms with van der Waals surface area (Å²) in [5, 5.41) is 2.52. The molecule has 0 saturated heterocycles. The first kappa shape index (κ1) is 6.49. The first-order valence-electron chi connectivity index (χ1n) is 4.61. The lowest BCUT2D eigenvalue weighted by molar-refractivity contribution is 1.59. The van der Waals surface area contributed by atoms with E-state index in [2.05, 4.69) is 22.1 Å². The van der Waals surface area contributed by atoms with E-state index in [1.807, 2.05) is 24.6 Å². The van der Waals surface area contributed by atoms with E-state index in [1.54, 1.807) is 0 Å². The largest absolute Gasteiger partial charge is 0.256 e. The van der Waals surface area contributed by atoms with E-state index >= 15 is 0 Å². The van der Waals surface area contributed by atoms with Crippen molar-refractivity contribution in [3.8, 4) is 0 Å². The Labute approximate surface area is 80.6 Å². The molecule has 4 rings (SSSR count). The second-order valence-corrected chi connectivity index (χ2v) is 3.61. The van der Waals surface area contributed by atoms with Gasteiger partial charge in [-0.15, -0.1) is 0 Å². The Balaban J connectivity index is 2.41. The molecule has 0 aromatic heterocycles. The van der Waals surface area contributed by atoms with Crippen LogP contribution in [0.4, 0.5) is 11.4 Å². The standard InChI is InChI=1S/C12H6N2/c1-2-8-6-14-10-4-3-9-11(12(8)10)7(1)5-13-9/h1-6H. The Hall–Kier alpha value is -1.96. The molecular weight excluding hydrogens is 172 g/mol. The van der Waals surface area contributed by atoms with Gasteiger partial charge >= 0.3 is 0 Å². The van der Waals surface area contributed by atoms with Gasteiger partial charge in [0.05, 0.1) is 11.4 Å². The maximum atomic E-state index is 4.37. The summed E-state index contributed by atoms with van der Waals surface area (Å²) < 4.78 is 0. The first-order valence-corrected chi connectivity index (χ1v) is 4.61. The fraction of sp³-hybridized carbons (Fsp3) is 0. The molecule has 2 aliphatic heterocycles. The van der Waals surface area contributed by atoms with Crippen LogP contribution in [-0.4, -0.2) is 12.4 Å². The SMILES string of the molecule is C1=Nc2ccc3c4c(ccc1c24)C=N3. The molecular formula is C12H6N2. The van der Waals surface area contributed by atoms with Crippen molar-refractivity contribution in [2.75, 3.05) is 0 Å². The minimum absolute atomic E-state index is 1.08. The van der Waals surface area contributed by atoms with Gasteiger partial charge in [0, 0.05) is 34.3 Å². The van der Waals surface area contributed by atoms with Crippen LogP contribution in [0.5, 0.6) is 0 Å². The second-order valence-electron chi connectivity index (χ2n) is 3.61. The average molecular weight is 178 g/mol. The molecule has 64 valence electrons. The molecule has 14 heavy (non-hydrogen) atoms. The molecule has 2 aromatic rings. The molecule has 0 unspecified atom stereocenters. The summed E-state index contributed by atoms with van der Waals surface area (Å²) in [6, 6.07) is 8.30. The zero-order chi connectivity index (χ0) is 9.12. The summed E-state index contributed by atoms with van der Waals surface area (Å²) >= 11 is 0. The van der Waals surface area contributed by atoms with Crippen LogP contribution in [0.1, 0.15) is 11.1 Å². The molecule has 0 N–H and O–H groups in total. The van der Waals surface area contributed by atoms with Crippen molar-refractivity contribution in [1.82, 2.24) is 0 Å². The third-order valence-electron chi connectivity index (χ3n) is 2.87. The lowest BCUT2D eigenvalue weighted by atomic mass is 10.0. The normalized spacial score (nSPS) is 14.6. The van der Waals surface area contributed by atoms with Crippen LogP contribution in [-0.2, 0) is 0 Å². The summed E-state index contributed by atoms with van der Waals surface area (Å²) in [7, 11) is 0. The highest BCUT2D eigenvalue weighted by atomic mass is 14.8. The number of hydrogen-bond acceptors (Lipinski definition) is 2. The minimum atomic E-state index is 1.08. The van der Waals surface area contributed by atoms with Gasteiger partial charge in [0.15, 0.2) is 0 Å². The molecule has 0 bridgehead atoms. The maximum Gasteiger partial charge on any atom is 0.0716 e. The molecule has 0 aliphatic carbocycles. The third-order valence-corrected chi connectivity index (χ3v) is 2.87. The number of rotatable bonds is 0. The molecule has 2 heteroatoms. The average Bonchev–Trinajstić information content (AvgIpc) is 2.77. The number of nitrogens with zero attached hydrogens (tertiary/aromatic N) is 2. The Morgan fingerprint density at radius 3 is 1.64 bits per heavy atom. The van der Waals surface area contributed by atoms with E-state index in [-0.39, 0.29) is 0 Å².